The lowest BCUT2D eigenvalue weighted by Crippen LogP contribution is -2.50. The maximum absolute atomic E-state index is 6.56. The summed E-state index contributed by atoms with van der Waals surface area (Å²) < 4.78 is 6.56. The largest absolute Gasteiger partial charge is 0.487 e. The third kappa shape index (κ3) is 1.89. The lowest BCUT2D eigenvalue weighted by molar-refractivity contribution is -0.0474. The summed E-state index contributed by atoms with van der Waals surface area (Å²) in [6.45, 7) is 11.5. The molecule has 1 heteroatoms. The molecule has 3 rings (SSSR count). The molecule has 1 heterocycles. The van der Waals surface area contributed by atoms with Crippen LogP contribution in [0.25, 0.3) is 0 Å². The minimum atomic E-state index is 0.0877. The van der Waals surface area contributed by atoms with E-state index in [-0.39, 0.29) is 5.60 Å². The Labute approximate surface area is 117 Å². The molecule has 2 aliphatic rings. The van der Waals surface area contributed by atoms with Gasteiger partial charge in [-0.2, -0.15) is 0 Å². The standard InChI is InChI=1S/C18H26O/c1-11(2)18-7-6-13(4)15(10-18)17-14(5)8-12(3)9-16(17)19-18/h8-9,11,13,15H,6-7,10H2,1-5H3. The highest BCUT2D eigenvalue weighted by Gasteiger charge is 2.48. The fourth-order valence-electron chi connectivity index (χ4n) is 4.19. The average molecular weight is 258 g/mol. The Morgan fingerprint density at radius 1 is 1.26 bits per heavy atom. The Hall–Kier alpha value is -0.980. The smallest absolute Gasteiger partial charge is 0.124 e. The molecule has 2 bridgehead atoms. The molecular weight excluding hydrogens is 232 g/mol. The van der Waals surface area contributed by atoms with E-state index < -0.39 is 0 Å². The predicted octanol–water partition coefficient (Wildman–Crippen LogP) is 4.99. The molecule has 1 aromatic rings. The summed E-state index contributed by atoms with van der Waals surface area (Å²) in [6.07, 6.45) is 3.73. The molecule has 3 atom stereocenters. The first-order valence-corrected chi connectivity index (χ1v) is 7.73. The van der Waals surface area contributed by atoms with Crippen molar-refractivity contribution < 1.29 is 4.74 Å². The maximum Gasteiger partial charge on any atom is 0.124 e. The van der Waals surface area contributed by atoms with Crippen LogP contribution in [-0.4, -0.2) is 5.60 Å². The number of hydrogen-bond donors (Lipinski definition) is 0. The van der Waals surface area contributed by atoms with Gasteiger partial charge in [0.2, 0.25) is 0 Å². The first-order valence-electron chi connectivity index (χ1n) is 7.73. The molecule has 0 saturated heterocycles. The van der Waals surface area contributed by atoms with Gasteiger partial charge in [0.05, 0.1) is 0 Å². The van der Waals surface area contributed by atoms with Crippen molar-refractivity contribution in [2.24, 2.45) is 11.8 Å². The van der Waals surface area contributed by atoms with Gasteiger partial charge in [-0.15, -0.1) is 0 Å². The molecule has 0 spiro atoms. The quantitative estimate of drug-likeness (QED) is 0.689. The van der Waals surface area contributed by atoms with E-state index in [1.807, 2.05) is 0 Å². The van der Waals surface area contributed by atoms with Crippen LogP contribution in [0.15, 0.2) is 12.1 Å². The molecule has 0 radical (unpaired) electrons. The van der Waals surface area contributed by atoms with E-state index in [1.54, 1.807) is 0 Å². The maximum atomic E-state index is 6.56. The number of fused-ring (bicyclic) bond motifs is 4. The SMILES string of the molecule is Cc1cc(C)c2c(c1)OC1(C(C)C)CCC(C)C2C1. The molecule has 1 aliphatic carbocycles. The highest BCUT2D eigenvalue weighted by Crippen LogP contribution is 2.54. The second-order valence-corrected chi connectivity index (χ2v) is 7.14. The Morgan fingerprint density at radius 3 is 2.68 bits per heavy atom. The van der Waals surface area contributed by atoms with Crippen LogP contribution >= 0.6 is 0 Å². The van der Waals surface area contributed by atoms with Crippen LogP contribution in [0.4, 0.5) is 0 Å². The highest BCUT2D eigenvalue weighted by molar-refractivity contribution is 5.48. The second kappa shape index (κ2) is 4.26. The van der Waals surface area contributed by atoms with Gasteiger partial charge in [-0.25, -0.2) is 0 Å². The summed E-state index contributed by atoms with van der Waals surface area (Å²) in [7, 11) is 0. The zero-order valence-corrected chi connectivity index (χ0v) is 12.9. The van der Waals surface area contributed by atoms with E-state index in [1.165, 1.54) is 41.7 Å². The molecule has 1 aromatic carbocycles. The lowest BCUT2D eigenvalue weighted by Gasteiger charge is -2.51. The molecule has 0 N–H and O–H groups in total. The van der Waals surface area contributed by atoms with Gasteiger partial charge in [0.15, 0.2) is 0 Å². The summed E-state index contributed by atoms with van der Waals surface area (Å²) in [5.41, 5.74) is 4.33. The van der Waals surface area contributed by atoms with Gasteiger partial charge in [0.25, 0.3) is 0 Å². The van der Waals surface area contributed by atoms with Crippen LogP contribution in [0.1, 0.15) is 62.6 Å². The van der Waals surface area contributed by atoms with E-state index in [0.717, 1.165) is 5.92 Å². The fourth-order valence-corrected chi connectivity index (χ4v) is 4.19. The summed E-state index contributed by atoms with van der Waals surface area (Å²) in [6, 6.07) is 4.57. The van der Waals surface area contributed by atoms with Crippen LogP contribution in [0.2, 0.25) is 0 Å². The average Bonchev–Trinajstić information content (AvgIpc) is 2.32. The molecule has 1 aliphatic heterocycles. The van der Waals surface area contributed by atoms with Crippen LogP contribution < -0.4 is 4.74 Å². The van der Waals surface area contributed by atoms with Crippen molar-refractivity contribution in [3.63, 3.8) is 0 Å². The zero-order valence-electron chi connectivity index (χ0n) is 12.9. The lowest BCUT2D eigenvalue weighted by atomic mass is 9.63. The Balaban J connectivity index is 2.15. The molecule has 0 aromatic heterocycles. The minimum Gasteiger partial charge on any atom is -0.487 e. The van der Waals surface area contributed by atoms with Gasteiger partial charge < -0.3 is 4.74 Å². The predicted molar refractivity (Wildman–Crippen MR) is 79.9 cm³/mol. The van der Waals surface area contributed by atoms with E-state index in [2.05, 4.69) is 46.8 Å². The Bertz CT molecular complexity index is 503. The molecule has 3 unspecified atom stereocenters. The third-order valence-electron chi connectivity index (χ3n) is 5.50. The van der Waals surface area contributed by atoms with Crippen molar-refractivity contribution in [2.75, 3.05) is 0 Å². The van der Waals surface area contributed by atoms with Crippen molar-refractivity contribution in [1.29, 1.82) is 0 Å². The Morgan fingerprint density at radius 2 is 2.00 bits per heavy atom. The first-order chi connectivity index (χ1) is 8.93. The highest BCUT2D eigenvalue weighted by atomic mass is 16.5. The van der Waals surface area contributed by atoms with Gasteiger partial charge in [-0.1, -0.05) is 26.8 Å². The number of hydrogen-bond acceptors (Lipinski definition) is 1. The van der Waals surface area contributed by atoms with Gasteiger partial charge >= 0.3 is 0 Å². The van der Waals surface area contributed by atoms with Gasteiger partial charge in [0.1, 0.15) is 11.4 Å². The van der Waals surface area contributed by atoms with Crippen molar-refractivity contribution in [3.05, 3.63) is 28.8 Å². The molecular formula is C18H26O. The summed E-state index contributed by atoms with van der Waals surface area (Å²) in [4.78, 5) is 0. The van der Waals surface area contributed by atoms with Gasteiger partial charge in [0, 0.05) is 5.56 Å². The molecule has 1 fully saturated rings. The van der Waals surface area contributed by atoms with E-state index in [4.69, 9.17) is 4.74 Å². The minimum absolute atomic E-state index is 0.0877. The summed E-state index contributed by atoms with van der Waals surface area (Å²) >= 11 is 0. The van der Waals surface area contributed by atoms with Crippen LogP contribution in [-0.2, 0) is 0 Å². The van der Waals surface area contributed by atoms with Crippen molar-refractivity contribution >= 4 is 0 Å². The molecule has 1 saturated carbocycles. The summed E-state index contributed by atoms with van der Waals surface area (Å²) in [5, 5.41) is 0. The van der Waals surface area contributed by atoms with E-state index in [9.17, 15) is 0 Å². The van der Waals surface area contributed by atoms with Gasteiger partial charge in [-0.3, -0.25) is 0 Å². The third-order valence-corrected chi connectivity index (χ3v) is 5.50. The Kier molecular flexibility index (Phi) is 2.92. The number of benzene rings is 1. The number of aryl methyl sites for hydroxylation is 2. The number of ether oxygens (including phenoxy) is 1. The normalized spacial score (nSPS) is 32.9. The summed E-state index contributed by atoms with van der Waals surface area (Å²) in [5.74, 6) is 3.25. The van der Waals surface area contributed by atoms with Crippen molar-refractivity contribution in [3.8, 4) is 5.75 Å². The van der Waals surface area contributed by atoms with Gasteiger partial charge in [-0.05, 0) is 68.1 Å². The monoisotopic (exact) mass is 258 g/mol. The van der Waals surface area contributed by atoms with Crippen LogP contribution in [0.5, 0.6) is 5.75 Å². The van der Waals surface area contributed by atoms with E-state index in [0.29, 0.717) is 11.8 Å². The topological polar surface area (TPSA) is 9.23 Å². The molecule has 0 amide bonds. The first kappa shape index (κ1) is 13.0. The van der Waals surface area contributed by atoms with E-state index >= 15 is 0 Å². The number of rotatable bonds is 1. The van der Waals surface area contributed by atoms with Crippen molar-refractivity contribution in [2.45, 2.75) is 65.4 Å². The molecule has 19 heavy (non-hydrogen) atoms. The molecule has 1 nitrogen and oxygen atoms in total. The van der Waals surface area contributed by atoms with Crippen LogP contribution in [0.3, 0.4) is 0 Å². The second-order valence-electron chi connectivity index (χ2n) is 7.14. The van der Waals surface area contributed by atoms with Crippen molar-refractivity contribution in [1.82, 2.24) is 0 Å². The van der Waals surface area contributed by atoms with Crippen LogP contribution in [0, 0.1) is 25.7 Å². The fraction of sp³-hybridized carbons (Fsp3) is 0.667. The molecule has 104 valence electrons. The zero-order chi connectivity index (χ0) is 13.8.